The summed E-state index contributed by atoms with van der Waals surface area (Å²) in [5.74, 6) is 0. The quantitative estimate of drug-likeness (QED) is 0.514. The Morgan fingerprint density at radius 2 is 2.00 bits per heavy atom. The third-order valence-electron chi connectivity index (χ3n) is 4.46. The van der Waals surface area contributed by atoms with E-state index in [0.717, 1.165) is 26.5 Å². The van der Waals surface area contributed by atoms with Gasteiger partial charge in [-0.3, -0.25) is 9.36 Å². The van der Waals surface area contributed by atoms with Gasteiger partial charge in [-0.05, 0) is 26.0 Å². The fraction of sp³-hybridized carbons (Fsp3) is 0.263. The molecule has 0 radical (unpaired) electrons. The molecule has 0 N–H and O–H groups in total. The van der Waals surface area contributed by atoms with Crippen LogP contribution in [0.5, 0.6) is 0 Å². The number of hydrogen-bond acceptors (Lipinski definition) is 5. The molecular formula is C19H20ClN3OS3. The molecule has 0 fully saturated rings. The van der Waals surface area contributed by atoms with E-state index < -0.39 is 0 Å². The minimum atomic E-state index is 0. The largest absolute Gasteiger partial charge is 1.00 e. The highest BCUT2D eigenvalue weighted by molar-refractivity contribution is 8.08. The highest BCUT2D eigenvalue weighted by Crippen LogP contribution is 2.44. The minimum absolute atomic E-state index is 0. The summed E-state index contributed by atoms with van der Waals surface area (Å²) in [4.78, 5) is 16.4. The number of fused-ring (bicyclic) bond motifs is 1. The first-order valence-corrected chi connectivity index (χ1v) is 11.1. The zero-order chi connectivity index (χ0) is 18.3. The Hall–Kier alpha value is -1.54. The number of halogens is 1. The van der Waals surface area contributed by atoms with Gasteiger partial charge in [0, 0.05) is 18.5 Å². The van der Waals surface area contributed by atoms with E-state index >= 15 is 0 Å². The van der Waals surface area contributed by atoms with E-state index in [4.69, 9.17) is 0 Å². The molecule has 4 nitrogen and oxygen atoms in total. The highest BCUT2D eigenvalue weighted by Gasteiger charge is 2.24. The lowest BCUT2D eigenvalue weighted by atomic mass is 10.3. The van der Waals surface area contributed by atoms with Gasteiger partial charge in [0.15, 0.2) is 6.20 Å². The number of thioether (sulfide) groups is 1. The van der Waals surface area contributed by atoms with Crippen molar-refractivity contribution in [2.45, 2.75) is 31.8 Å². The van der Waals surface area contributed by atoms with Gasteiger partial charge in [0.25, 0.3) is 10.6 Å². The van der Waals surface area contributed by atoms with Crippen LogP contribution in [0.3, 0.4) is 0 Å². The molecule has 3 aromatic rings. The summed E-state index contributed by atoms with van der Waals surface area (Å²) in [6, 6.07) is 8.29. The van der Waals surface area contributed by atoms with Crippen molar-refractivity contribution in [3.63, 3.8) is 0 Å². The first-order valence-electron chi connectivity index (χ1n) is 8.57. The number of para-hydroxylation sites is 1. The molecular weight excluding hydrogens is 418 g/mol. The number of anilines is 1. The maximum absolute atomic E-state index is 13.1. The van der Waals surface area contributed by atoms with E-state index in [1.54, 1.807) is 34.4 Å². The Morgan fingerprint density at radius 1 is 1.22 bits per heavy atom. The second-order valence-corrected chi connectivity index (χ2v) is 8.91. The second-order valence-electron chi connectivity index (χ2n) is 5.92. The molecule has 2 aromatic heterocycles. The molecule has 4 rings (SSSR count). The van der Waals surface area contributed by atoms with Crippen LogP contribution in [0.15, 0.2) is 45.5 Å². The molecule has 0 saturated heterocycles. The lowest BCUT2D eigenvalue weighted by molar-refractivity contribution is -0.690. The van der Waals surface area contributed by atoms with E-state index in [1.165, 1.54) is 9.90 Å². The van der Waals surface area contributed by atoms with Gasteiger partial charge in [-0.2, -0.15) is 4.57 Å². The van der Waals surface area contributed by atoms with Gasteiger partial charge in [-0.25, -0.2) is 0 Å². The summed E-state index contributed by atoms with van der Waals surface area (Å²) in [6.07, 6.45) is 4.23. The Bertz CT molecular complexity index is 1150. The average molecular weight is 438 g/mol. The van der Waals surface area contributed by atoms with Crippen LogP contribution in [0.25, 0.3) is 11.1 Å². The average Bonchev–Trinajstić information content (AvgIpc) is 3.32. The first kappa shape index (κ1) is 20.2. The van der Waals surface area contributed by atoms with Crippen molar-refractivity contribution < 1.29 is 17.0 Å². The number of aromatic nitrogens is 2. The second kappa shape index (κ2) is 8.22. The summed E-state index contributed by atoms with van der Waals surface area (Å²) < 4.78 is 5.91. The lowest BCUT2D eigenvalue weighted by Crippen LogP contribution is -3.00. The highest BCUT2D eigenvalue weighted by atomic mass is 35.5. The SMILES string of the molecule is CCn1c(=O)/c(=C2\Sc3ccccc3N2C)s/c1=C\c1scc[n+]1CC.[Cl-]. The standard InChI is InChI=1S/C19H20N3OS3.ClH/c1-4-21-10-11-24-15(21)12-16-22(5-2)18(23)17(26-16)19-20(3)13-8-6-7-9-14(13)25-19;/h6-12H,4-5H2,1-3H3;1H/q+1;/p-1/b19-17+;. The van der Waals surface area contributed by atoms with Crippen molar-refractivity contribution in [2.24, 2.45) is 0 Å². The summed E-state index contributed by atoms with van der Waals surface area (Å²) in [6.45, 7) is 5.76. The Kier molecular flexibility index (Phi) is 6.15. The third-order valence-corrected chi connectivity index (χ3v) is 7.80. The van der Waals surface area contributed by atoms with Crippen molar-refractivity contribution >= 4 is 51.2 Å². The fourth-order valence-corrected chi connectivity index (χ4v) is 6.45. The summed E-state index contributed by atoms with van der Waals surface area (Å²) in [5.41, 5.74) is 1.27. The molecule has 0 saturated carbocycles. The van der Waals surface area contributed by atoms with Gasteiger partial charge in [0.1, 0.15) is 20.8 Å². The van der Waals surface area contributed by atoms with Crippen LogP contribution in [0.1, 0.15) is 18.9 Å². The molecule has 0 amide bonds. The van der Waals surface area contributed by atoms with E-state index in [2.05, 4.69) is 46.2 Å². The number of benzene rings is 1. The van der Waals surface area contributed by atoms with E-state index in [-0.39, 0.29) is 18.0 Å². The zero-order valence-corrected chi connectivity index (χ0v) is 18.5. The molecule has 8 heteroatoms. The number of thiazole rings is 2. The van der Waals surface area contributed by atoms with Crippen LogP contribution in [0, 0.1) is 0 Å². The van der Waals surface area contributed by atoms with Gasteiger partial charge >= 0.3 is 0 Å². The Labute approximate surface area is 176 Å². The van der Waals surface area contributed by atoms with Gasteiger partial charge in [-0.15, -0.1) is 11.3 Å². The van der Waals surface area contributed by atoms with Crippen LogP contribution in [0.4, 0.5) is 5.69 Å². The van der Waals surface area contributed by atoms with Crippen molar-refractivity contribution in [3.8, 4) is 0 Å². The van der Waals surface area contributed by atoms with Crippen LogP contribution in [-0.2, 0) is 13.1 Å². The van der Waals surface area contributed by atoms with Crippen molar-refractivity contribution in [2.75, 3.05) is 11.9 Å². The minimum Gasteiger partial charge on any atom is -1.00 e. The molecule has 142 valence electrons. The van der Waals surface area contributed by atoms with Crippen molar-refractivity contribution in [1.82, 2.24) is 4.57 Å². The smallest absolute Gasteiger partial charge is 0.271 e. The molecule has 1 aliphatic heterocycles. The van der Waals surface area contributed by atoms with Crippen LogP contribution in [0.2, 0.25) is 0 Å². The Morgan fingerprint density at radius 3 is 2.70 bits per heavy atom. The van der Waals surface area contributed by atoms with Crippen LogP contribution in [-0.4, -0.2) is 11.6 Å². The summed E-state index contributed by atoms with van der Waals surface area (Å²) in [5, 5.41) is 4.28. The fourth-order valence-electron chi connectivity index (χ4n) is 3.07. The Balaban J connectivity index is 0.00000210. The molecule has 0 unspecified atom stereocenters. The maximum atomic E-state index is 13.1. The number of nitrogens with zero attached hydrogens (tertiary/aromatic N) is 3. The predicted molar refractivity (Wildman–Crippen MR) is 111 cm³/mol. The van der Waals surface area contributed by atoms with Crippen LogP contribution >= 0.6 is 34.4 Å². The molecule has 0 bridgehead atoms. The molecule has 1 aliphatic rings. The molecule has 27 heavy (non-hydrogen) atoms. The topological polar surface area (TPSA) is 29.1 Å². The van der Waals surface area contributed by atoms with E-state index in [9.17, 15) is 4.79 Å². The number of hydrogen-bond donors (Lipinski definition) is 0. The molecule has 0 aliphatic carbocycles. The van der Waals surface area contributed by atoms with Gasteiger partial charge in [0.2, 0.25) is 0 Å². The zero-order valence-electron chi connectivity index (χ0n) is 15.3. The summed E-state index contributed by atoms with van der Waals surface area (Å²) in [7, 11) is 2.04. The van der Waals surface area contributed by atoms with E-state index in [0.29, 0.717) is 6.54 Å². The van der Waals surface area contributed by atoms with Gasteiger partial charge in [-0.1, -0.05) is 35.2 Å². The third kappa shape index (κ3) is 3.49. The van der Waals surface area contributed by atoms with Crippen molar-refractivity contribution in [1.29, 1.82) is 0 Å². The van der Waals surface area contributed by atoms with Crippen LogP contribution < -0.4 is 36.6 Å². The lowest BCUT2D eigenvalue weighted by Gasteiger charge is -2.11. The van der Waals surface area contributed by atoms with Gasteiger partial charge in [0.05, 0.1) is 17.1 Å². The van der Waals surface area contributed by atoms with E-state index in [1.807, 2.05) is 30.7 Å². The summed E-state index contributed by atoms with van der Waals surface area (Å²) >= 11 is 4.97. The molecule has 3 heterocycles. The van der Waals surface area contributed by atoms with Gasteiger partial charge < -0.3 is 17.3 Å². The monoisotopic (exact) mass is 437 g/mol. The normalized spacial score (nSPS) is 15.8. The first-order chi connectivity index (χ1) is 12.6. The number of rotatable bonds is 3. The molecule has 0 spiro atoms. The maximum Gasteiger partial charge on any atom is 0.271 e. The predicted octanol–water partition coefficient (Wildman–Crippen LogP) is -0.561. The van der Waals surface area contributed by atoms with Crippen molar-refractivity contribution in [3.05, 3.63) is 60.4 Å². The molecule has 1 aromatic carbocycles. The molecule has 0 atom stereocenters. The number of aryl methyl sites for hydroxylation is 1.